The van der Waals surface area contributed by atoms with Crippen molar-refractivity contribution in [1.82, 2.24) is 10.3 Å². The van der Waals surface area contributed by atoms with Crippen LogP contribution >= 0.6 is 11.3 Å². The molecule has 1 heterocycles. The molecule has 1 saturated carbocycles. The molecule has 2 aromatic rings. The summed E-state index contributed by atoms with van der Waals surface area (Å²) in [5.74, 6) is 0.763. The van der Waals surface area contributed by atoms with Crippen LogP contribution in [0.4, 0.5) is 0 Å². The number of rotatable bonds is 4. The van der Waals surface area contributed by atoms with Crippen LogP contribution in [0.1, 0.15) is 67.4 Å². The van der Waals surface area contributed by atoms with Gasteiger partial charge in [0.25, 0.3) is 0 Å². The van der Waals surface area contributed by atoms with Crippen LogP contribution < -0.4 is 5.32 Å². The molecule has 0 spiro atoms. The van der Waals surface area contributed by atoms with Crippen molar-refractivity contribution in [2.45, 2.75) is 51.0 Å². The third-order valence-corrected chi connectivity index (χ3v) is 5.06. The molecule has 0 bridgehead atoms. The van der Waals surface area contributed by atoms with Gasteiger partial charge in [-0.05, 0) is 36.9 Å². The predicted molar refractivity (Wildman–Crippen MR) is 90.1 cm³/mol. The zero-order valence-corrected chi connectivity index (χ0v) is 14.1. The van der Waals surface area contributed by atoms with Gasteiger partial charge in [0.05, 0.1) is 11.7 Å². The number of aromatic nitrogens is 1. The standard InChI is InChI=1S/C18H24N2S/c1-18(2,3)15-11-21-17(20-15)16(19-4)14-8-6-5-7-13(14)12-9-10-12/h5-8,11-12,16,19H,9-10H2,1-4H3. The van der Waals surface area contributed by atoms with E-state index in [2.05, 4.69) is 55.7 Å². The van der Waals surface area contributed by atoms with Crippen LogP contribution in [0.2, 0.25) is 0 Å². The maximum atomic E-state index is 4.91. The second-order valence-corrected chi connectivity index (χ2v) is 7.84. The minimum atomic E-state index is 0.114. The first-order valence-corrected chi connectivity index (χ1v) is 8.60. The second-order valence-electron chi connectivity index (χ2n) is 6.95. The number of hydrogen-bond donors (Lipinski definition) is 1. The molecule has 1 aliphatic carbocycles. The number of hydrogen-bond acceptors (Lipinski definition) is 3. The number of nitrogens with one attached hydrogen (secondary N) is 1. The van der Waals surface area contributed by atoms with Gasteiger partial charge < -0.3 is 5.32 Å². The predicted octanol–water partition coefficient (Wildman–Crippen LogP) is 4.63. The Balaban J connectivity index is 1.97. The van der Waals surface area contributed by atoms with E-state index in [1.165, 1.54) is 34.7 Å². The molecule has 0 amide bonds. The SMILES string of the molecule is CNC(c1nc(C(C)(C)C)cs1)c1ccccc1C1CC1. The summed E-state index contributed by atoms with van der Waals surface area (Å²) >= 11 is 1.77. The average molecular weight is 300 g/mol. The van der Waals surface area contributed by atoms with E-state index in [1.54, 1.807) is 11.3 Å². The lowest BCUT2D eigenvalue weighted by Crippen LogP contribution is -2.20. The van der Waals surface area contributed by atoms with E-state index >= 15 is 0 Å². The van der Waals surface area contributed by atoms with Crippen molar-refractivity contribution in [2.75, 3.05) is 7.05 Å². The Bertz CT molecular complexity index is 620. The molecular weight excluding hydrogens is 276 g/mol. The minimum Gasteiger partial charge on any atom is -0.307 e. The molecule has 3 heteroatoms. The van der Waals surface area contributed by atoms with Crippen LogP contribution in [-0.4, -0.2) is 12.0 Å². The van der Waals surface area contributed by atoms with Gasteiger partial charge in [0.1, 0.15) is 5.01 Å². The van der Waals surface area contributed by atoms with E-state index in [4.69, 9.17) is 4.98 Å². The molecule has 112 valence electrons. The first kappa shape index (κ1) is 14.7. The normalized spacial score (nSPS) is 17.0. The quantitative estimate of drug-likeness (QED) is 0.890. The fourth-order valence-electron chi connectivity index (χ4n) is 2.72. The van der Waals surface area contributed by atoms with E-state index in [1.807, 2.05) is 7.05 Å². The van der Waals surface area contributed by atoms with Crippen LogP contribution in [0, 0.1) is 0 Å². The molecule has 1 aromatic heterocycles. The highest BCUT2D eigenvalue weighted by atomic mass is 32.1. The van der Waals surface area contributed by atoms with Gasteiger partial charge in [0.15, 0.2) is 0 Å². The van der Waals surface area contributed by atoms with E-state index in [-0.39, 0.29) is 11.5 Å². The Morgan fingerprint density at radius 2 is 1.95 bits per heavy atom. The Hall–Kier alpha value is -1.19. The van der Waals surface area contributed by atoms with Crippen LogP contribution in [0.5, 0.6) is 0 Å². The third kappa shape index (κ3) is 3.04. The van der Waals surface area contributed by atoms with Crippen molar-refractivity contribution >= 4 is 11.3 Å². The van der Waals surface area contributed by atoms with Gasteiger partial charge in [-0.3, -0.25) is 0 Å². The van der Waals surface area contributed by atoms with Crippen LogP contribution in [0.25, 0.3) is 0 Å². The Morgan fingerprint density at radius 1 is 1.24 bits per heavy atom. The summed E-state index contributed by atoms with van der Waals surface area (Å²) in [5, 5.41) is 6.85. The van der Waals surface area contributed by atoms with Crippen molar-refractivity contribution in [3.05, 3.63) is 51.5 Å². The zero-order valence-electron chi connectivity index (χ0n) is 13.3. The Morgan fingerprint density at radius 3 is 2.52 bits per heavy atom. The molecule has 1 atom stereocenters. The van der Waals surface area contributed by atoms with Gasteiger partial charge in [-0.25, -0.2) is 4.98 Å². The molecule has 1 aliphatic rings. The minimum absolute atomic E-state index is 0.114. The molecule has 0 saturated heterocycles. The molecule has 1 unspecified atom stereocenters. The van der Waals surface area contributed by atoms with E-state index in [0.29, 0.717) is 0 Å². The molecule has 1 fully saturated rings. The number of benzene rings is 1. The molecule has 2 nitrogen and oxygen atoms in total. The zero-order chi connectivity index (χ0) is 15.0. The number of thiazole rings is 1. The van der Waals surface area contributed by atoms with E-state index in [9.17, 15) is 0 Å². The van der Waals surface area contributed by atoms with Crippen molar-refractivity contribution in [1.29, 1.82) is 0 Å². The third-order valence-electron chi connectivity index (χ3n) is 4.15. The summed E-state index contributed by atoms with van der Waals surface area (Å²) in [6, 6.07) is 9.06. The molecule has 0 radical (unpaired) electrons. The molecule has 1 N–H and O–H groups in total. The summed E-state index contributed by atoms with van der Waals surface area (Å²) in [5.41, 5.74) is 4.21. The summed E-state index contributed by atoms with van der Waals surface area (Å²) < 4.78 is 0. The second kappa shape index (κ2) is 5.54. The van der Waals surface area contributed by atoms with E-state index in [0.717, 1.165) is 5.92 Å². The lowest BCUT2D eigenvalue weighted by Gasteiger charge is -2.19. The fourth-order valence-corrected chi connectivity index (χ4v) is 3.89. The summed E-state index contributed by atoms with van der Waals surface area (Å²) in [7, 11) is 2.03. The van der Waals surface area contributed by atoms with E-state index < -0.39 is 0 Å². The number of nitrogens with zero attached hydrogens (tertiary/aromatic N) is 1. The summed E-state index contributed by atoms with van der Waals surface area (Å²) in [6.45, 7) is 6.66. The molecule has 3 rings (SSSR count). The molecular formula is C18H24N2S. The largest absolute Gasteiger partial charge is 0.307 e. The summed E-state index contributed by atoms with van der Waals surface area (Å²) in [6.07, 6.45) is 2.66. The monoisotopic (exact) mass is 300 g/mol. The van der Waals surface area contributed by atoms with Gasteiger partial charge in [-0.15, -0.1) is 11.3 Å². The lowest BCUT2D eigenvalue weighted by molar-refractivity contribution is 0.566. The maximum Gasteiger partial charge on any atom is 0.114 e. The van der Waals surface area contributed by atoms with Crippen molar-refractivity contribution in [2.24, 2.45) is 0 Å². The maximum absolute atomic E-state index is 4.91. The van der Waals surface area contributed by atoms with Crippen molar-refractivity contribution in [3.63, 3.8) is 0 Å². The highest BCUT2D eigenvalue weighted by Crippen LogP contribution is 2.44. The van der Waals surface area contributed by atoms with Gasteiger partial charge in [0, 0.05) is 10.8 Å². The lowest BCUT2D eigenvalue weighted by atomic mass is 9.93. The summed E-state index contributed by atoms with van der Waals surface area (Å²) in [4.78, 5) is 4.91. The smallest absolute Gasteiger partial charge is 0.114 e. The van der Waals surface area contributed by atoms with Gasteiger partial charge in [-0.2, -0.15) is 0 Å². The van der Waals surface area contributed by atoms with Crippen LogP contribution in [0.15, 0.2) is 29.6 Å². The fraction of sp³-hybridized carbons (Fsp3) is 0.500. The van der Waals surface area contributed by atoms with Crippen LogP contribution in [-0.2, 0) is 5.41 Å². The first-order chi connectivity index (χ1) is 10.0. The van der Waals surface area contributed by atoms with Gasteiger partial charge >= 0.3 is 0 Å². The van der Waals surface area contributed by atoms with Crippen molar-refractivity contribution in [3.8, 4) is 0 Å². The molecule has 1 aromatic carbocycles. The van der Waals surface area contributed by atoms with Gasteiger partial charge in [0.2, 0.25) is 0 Å². The Labute approximate surface area is 131 Å². The van der Waals surface area contributed by atoms with Crippen molar-refractivity contribution < 1.29 is 0 Å². The van der Waals surface area contributed by atoms with Gasteiger partial charge in [-0.1, -0.05) is 45.0 Å². The molecule has 21 heavy (non-hydrogen) atoms. The highest BCUT2D eigenvalue weighted by molar-refractivity contribution is 7.09. The topological polar surface area (TPSA) is 24.9 Å². The van der Waals surface area contributed by atoms with Crippen LogP contribution in [0.3, 0.4) is 0 Å². The first-order valence-electron chi connectivity index (χ1n) is 7.72. The molecule has 0 aliphatic heterocycles. The Kier molecular flexibility index (Phi) is 3.89. The highest BCUT2D eigenvalue weighted by Gasteiger charge is 2.29. The average Bonchev–Trinajstić information content (AvgIpc) is 3.17.